The van der Waals surface area contributed by atoms with Gasteiger partial charge < -0.3 is 0 Å². The molecule has 0 aliphatic heterocycles. The molecule has 1 atom stereocenters. The quantitative estimate of drug-likeness (QED) is 0.166. The number of halogens is 2. The summed E-state index contributed by atoms with van der Waals surface area (Å²) < 4.78 is 0. The van der Waals surface area contributed by atoms with Gasteiger partial charge in [-0.05, 0) is 23.9 Å². The van der Waals surface area contributed by atoms with Gasteiger partial charge in [-0.15, -0.1) is 0 Å². The molecule has 1 unspecified atom stereocenters. The lowest BCUT2D eigenvalue weighted by molar-refractivity contribution is -0.111. The predicted molar refractivity (Wildman–Crippen MR) is 98.4 cm³/mol. The molecule has 0 rings (SSSR count). The maximum absolute atomic E-state index is 10.8. The van der Waals surface area contributed by atoms with Crippen LogP contribution in [-0.4, -0.2) is 10.1 Å². The smallest absolute Gasteiger partial charge is 0.235 e. The lowest BCUT2D eigenvalue weighted by Gasteiger charge is -2.05. The third kappa shape index (κ3) is 16.6. The van der Waals surface area contributed by atoms with E-state index in [1.807, 2.05) is 0 Å². The Kier molecular flexibility index (Phi) is 15.7. The van der Waals surface area contributed by atoms with Crippen molar-refractivity contribution in [1.82, 2.24) is 0 Å². The molecular formula is C18H34BrClO. The van der Waals surface area contributed by atoms with Crippen molar-refractivity contribution in [2.75, 3.05) is 0 Å². The molecule has 0 bridgehead atoms. The molecule has 0 N–H and O–H groups in total. The van der Waals surface area contributed by atoms with Gasteiger partial charge in [-0.25, -0.2) is 0 Å². The van der Waals surface area contributed by atoms with Crippen molar-refractivity contribution < 1.29 is 4.79 Å². The number of hydrogen-bond acceptors (Lipinski definition) is 1. The maximum atomic E-state index is 10.8. The minimum atomic E-state index is -0.261. The van der Waals surface area contributed by atoms with Gasteiger partial charge in [0.1, 0.15) is 0 Å². The second-order valence-electron chi connectivity index (χ2n) is 6.63. The first kappa shape index (κ1) is 21.4. The normalized spacial score (nSPS) is 12.8. The Morgan fingerprint density at radius 3 is 1.43 bits per heavy atom. The van der Waals surface area contributed by atoms with Gasteiger partial charge >= 0.3 is 0 Å². The van der Waals surface area contributed by atoms with Crippen LogP contribution in [0.15, 0.2) is 0 Å². The van der Waals surface area contributed by atoms with Crippen molar-refractivity contribution >= 4 is 32.8 Å². The van der Waals surface area contributed by atoms with Crippen LogP contribution >= 0.6 is 27.5 Å². The molecule has 0 radical (unpaired) electrons. The van der Waals surface area contributed by atoms with Crippen molar-refractivity contribution in [3.05, 3.63) is 0 Å². The van der Waals surface area contributed by atoms with E-state index in [2.05, 4.69) is 29.8 Å². The minimum Gasteiger partial charge on any atom is -0.280 e. The molecule has 0 amide bonds. The molecule has 0 spiro atoms. The van der Waals surface area contributed by atoms with Crippen molar-refractivity contribution in [3.8, 4) is 0 Å². The van der Waals surface area contributed by atoms with E-state index in [-0.39, 0.29) is 10.1 Å². The molecule has 0 heterocycles. The van der Waals surface area contributed by atoms with Crippen LogP contribution in [0.2, 0.25) is 0 Å². The average Bonchev–Trinajstić information content (AvgIpc) is 2.43. The highest BCUT2D eigenvalue weighted by Gasteiger charge is 2.10. The zero-order valence-electron chi connectivity index (χ0n) is 14.0. The molecule has 1 nitrogen and oxygen atoms in total. The molecule has 0 aromatic rings. The zero-order chi connectivity index (χ0) is 15.9. The molecule has 21 heavy (non-hydrogen) atoms. The second-order valence-corrected chi connectivity index (χ2v) is 8.11. The first-order valence-electron chi connectivity index (χ1n) is 8.87. The topological polar surface area (TPSA) is 17.1 Å². The van der Waals surface area contributed by atoms with Crippen LogP contribution in [0.3, 0.4) is 0 Å². The van der Waals surface area contributed by atoms with Gasteiger partial charge in [0.2, 0.25) is 5.24 Å². The predicted octanol–water partition coefficient (Wildman–Crippen LogP) is 7.24. The van der Waals surface area contributed by atoms with E-state index in [1.165, 1.54) is 70.6 Å². The molecule has 0 aromatic heterocycles. The summed E-state index contributed by atoms with van der Waals surface area (Å²) in [4.78, 5) is 10.7. The number of rotatable bonds is 15. The van der Waals surface area contributed by atoms with Gasteiger partial charge in [0.25, 0.3) is 0 Å². The summed E-state index contributed by atoms with van der Waals surface area (Å²) in [5, 5.41) is -0.261. The van der Waals surface area contributed by atoms with Gasteiger partial charge in [0.15, 0.2) is 0 Å². The van der Waals surface area contributed by atoms with Gasteiger partial charge in [-0.3, -0.25) is 4.79 Å². The summed E-state index contributed by atoms with van der Waals surface area (Å²) in [6.07, 6.45) is 17.1. The van der Waals surface area contributed by atoms with Crippen molar-refractivity contribution in [3.63, 3.8) is 0 Å². The van der Waals surface area contributed by atoms with Crippen LogP contribution < -0.4 is 0 Å². The second kappa shape index (κ2) is 15.3. The van der Waals surface area contributed by atoms with Crippen LogP contribution in [0.5, 0.6) is 0 Å². The summed E-state index contributed by atoms with van der Waals surface area (Å²) >= 11 is 8.70. The number of unbranched alkanes of at least 4 members (excludes halogenated alkanes) is 10. The Hall–Kier alpha value is 0.440. The van der Waals surface area contributed by atoms with Crippen molar-refractivity contribution in [2.24, 2.45) is 5.92 Å². The van der Waals surface area contributed by atoms with Crippen LogP contribution in [0.4, 0.5) is 0 Å². The fraction of sp³-hybridized carbons (Fsp3) is 0.944. The van der Waals surface area contributed by atoms with Gasteiger partial charge in [-0.1, -0.05) is 107 Å². The molecule has 0 aliphatic rings. The van der Waals surface area contributed by atoms with E-state index >= 15 is 0 Å². The molecule has 0 saturated heterocycles. The minimum absolute atomic E-state index is 0.144. The fourth-order valence-electron chi connectivity index (χ4n) is 2.58. The monoisotopic (exact) mass is 380 g/mol. The third-order valence-corrected chi connectivity index (χ3v) is 5.39. The SMILES string of the molecule is CC(C)CCCCCCCCCCCCCC(Br)C(=O)Cl. The summed E-state index contributed by atoms with van der Waals surface area (Å²) in [6.45, 7) is 4.62. The number of alkyl halides is 1. The molecule has 0 aromatic carbocycles. The Labute approximate surface area is 145 Å². The van der Waals surface area contributed by atoms with E-state index in [0.29, 0.717) is 0 Å². The van der Waals surface area contributed by atoms with E-state index < -0.39 is 0 Å². The third-order valence-electron chi connectivity index (χ3n) is 3.99. The fourth-order valence-corrected chi connectivity index (χ4v) is 3.01. The molecule has 126 valence electrons. The first-order chi connectivity index (χ1) is 10.0. The largest absolute Gasteiger partial charge is 0.280 e. The highest BCUT2D eigenvalue weighted by Crippen LogP contribution is 2.16. The lowest BCUT2D eigenvalue weighted by atomic mass is 10.0. The number of hydrogen-bond donors (Lipinski definition) is 0. The van der Waals surface area contributed by atoms with Crippen molar-refractivity contribution in [2.45, 2.75) is 102 Å². The molecule has 0 saturated carbocycles. The highest BCUT2D eigenvalue weighted by molar-refractivity contribution is 9.10. The van der Waals surface area contributed by atoms with E-state index in [4.69, 9.17) is 11.6 Å². The Balaban J connectivity index is 3.07. The summed E-state index contributed by atoms with van der Waals surface area (Å²) in [5.41, 5.74) is 0. The molecule has 0 aliphatic carbocycles. The Morgan fingerprint density at radius 1 is 0.762 bits per heavy atom. The van der Waals surface area contributed by atoms with Crippen LogP contribution in [0, 0.1) is 5.92 Å². The van der Waals surface area contributed by atoms with E-state index in [0.717, 1.165) is 18.8 Å². The average molecular weight is 382 g/mol. The number of carbonyl (C=O) groups is 1. The Bertz CT molecular complexity index is 243. The summed E-state index contributed by atoms with van der Waals surface area (Å²) in [5.74, 6) is 0.868. The van der Waals surface area contributed by atoms with Crippen molar-refractivity contribution in [1.29, 1.82) is 0 Å². The maximum Gasteiger partial charge on any atom is 0.235 e. The van der Waals surface area contributed by atoms with E-state index in [9.17, 15) is 4.79 Å². The Morgan fingerprint density at radius 2 is 1.10 bits per heavy atom. The zero-order valence-corrected chi connectivity index (χ0v) is 16.4. The first-order valence-corrected chi connectivity index (χ1v) is 10.2. The van der Waals surface area contributed by atoms with E-state index in [1.54, 1.807) is 0 Å². The van der Waals surface area contributed by atoms with Crippen LogP contribution in [-0.2, 0) is 4.79 Å². The van der Waals surface area contributed by atoms with Gasteiger partial charge in [-0.2, -0.15) is 0 Å². The van der Waals surface area contributed by atoms with Gasteiger partial charge in [0.05, 0.1) is 4.83 Å². The highest BCUT2D eigenvalue weighted by atomic mass is 79.9. The standard InChI is InChI=1S/C18H34BrClO/c1-16(2)14-12-10-8-6-4-3-5-7-9-11-13-15-17(19)18(20)21/h16-17H,3-15H2,1-2H3. The number of carbonyl (C=O) groups excluding carboxylic acids is 1. The molecule has 0 fully saturated rings. The molecular weight excluding hydrogens is 348 g/mol. The lowest BCUT2D eigenvalue weighted by Crippen LogP contribution is -2.06. The van der Waals surface area contributed by atoms with Crippen LogP contribution in [0.25, 0.3) is 0 Å². The van der Waals surface area contributed by atoms with Crippen LogP contribution in [0.1, 0.15) is 97.3 Å². The summed E-state index contributed by atoms with van der Waals surface area (Å²) in [7, 11) is 0. The summed E-state index contributed by atoms with van der Waals surface area (Å²) in [6, 6.07) is 0. The molecule has 3 heteroatoms. The van der Waals surface area contributed by atoms with Gasteiger partial charge in [0, 0.05) is 0 Å².